The van der Waals surface area contributed by atoms with Gasteiger partial charge in [-0.25, -0.2) is 0 Å². The molecule has 1 N–H and O–H groups in total. The molecule has 0 saturated heterocycles. The number of hydrogen-bond donors (Lipinski definition) is 1. The quantitative estimate of drug-likeness (QED) is 0.690. The predicted octanol–water partition coefficient (Wildman–Crippen LogP) is 5.11. The molecule has 3 rings (SSSR count). The van der Waals surface area contributed by atoms with Crippen LogP contribution in [0, 0.1) is 0 Å². The largest absolute Gasteiger partial charge is 0.435 e. The molecule has 0 aromatic heterocycles. The van der Waals surface area contributed by atoms with Gasteiger partial charge in [-0.3, -0.25) is 9.59 Å². The van der Waals surface area contributed by atoms with E-state index >= 15 is 0 Å². The van der Waals surface area contributed by atoms with E-state index in [1.54, 1.807) is 19.2 Å². The third-order valence-electron chi connectivity index (χ3n) is 5.34. The molecule has 0 bridgehead atoms. The van der Waals surface area contributed by atoms with Crippen LogP contribution in [0.4, 0.5) is 8.78 Å². The van der Waals surface area contributed by atoms with Crippen molar-refractivity contribution in [2.45, 2.75) is 51.7 Å². The highest BCUT2D eigenvalue weighted by Crippen LogP contribution is 2.26. The smallest absolute Gasteiger partial charge is 0.387 e. The minimum Gasteiger partial charge on any atom is -0.435 e. The summed E-state index contributed by atoms with van der Waals surface area (Å²) in [7, 11) is 3.50. The van der Waals surface area contributed by atoms with Crippen LogP contribution in [0.25, 0.3) is 11.1 Å². The summed E-state index contributed by atoms with van der Waals surface area (Å²) in [6, 6.07) is 14.2. The Balaban J connectivity index is 0.000000501. The topological polar surface area (TPSA) is 58.6 Å². The molecule has 31 heavy (non-hydrogen) atoms. The van der Waals surface area contributed by atoms with Gasteiger partial charge in [-0.1, -0.05) is 44.0 Å². The van der Waals surface area contributed by atoms with Crippen LogP contribution in [-0.4, -0.2) is 43.5 Å². The Kier molecular flexibility index (Phi) is 9.43. The maximum absolute atomic E-state index is 12.6. The number of rotatable bonds is 6. The van der Waals surface area contributed by atoms with Gasteiger partial charge in [-0.05, 0) is 48.2 Å². The normalized spacial score (nSPS) is 13.4. The lowest BCUT2D eigenvalue weighted by Gasteiger charge is -2.24. The van der Waals surface area contributed by atoms with E-state index in [1.165, 1.54) is 25.0 Å². The van der Waals surface area contributed by atoms with Crippen LogP contribution in [0.3, 0.4) is 0 Å². The molecule has 0 unspecified atom stereocenters. The fourth-order valence-electron chi connectivity index (χ4n) is 3.47. The van der Waals surface area contributed by atoms with Crippen molar-refractivity contribution >= 4 is 11.8 Å². The molecule has 1 fully saturated rings. The van der Waals surface area contributed by atoms with Crippen LogP contribution in [0.1, 0.15) is 49.4 Å². The van der Waals surface area contributed by atoms with Gasteiger partial charge in [-0.15, -0.1) is 0 Å². The second-order valence-corrected chi connectivity index (χ2v) is 7.36. The zero-order valence-electron chi connectivity index (χ0n) is 18.2. The van der Waals surface area contributed by atoms with Crippen LogP contribution in [-0.2, 0) is 4.79 Å². The number of amides is 2. The highest BCUT2D eigenvalue weighted by molar-refractivity contribution is 5.94. The van der Waals surface area contributed by atoms with Crippen molar-refractivity contribution in [2.24, 2.45) is 0 Å². The maximum atomic E-state index is 12.6. The van der Waals surface area contributed by atoms with E-state index in [9.17, 15) is 18.4 Å². The van der Waals surface area contributed by atoms with Crippen LogP contribution in [0.5, 0.6) is 5.75 Å². The summed E-state index contributed by atoms with van der Waals surface area (Å²) < 4.78 is 28.7. The number of alkyl halides is 2. The summed E-state index contributed by atoms with van der Waals surface area (Å²) in [5.41, 5.74) is 2.46. The molecule has 168 valence electrons. The lowest BCUT2D eigenvalue weighted by atomic mass is 10.0. The molecule has 0 atom stereocenters. The van der Waals surface area contributed by atoms with E-state index in [2.05, 4.69) is 10.1 Å². The van der Waals surface area contributed by atoms with Gasteiger partial charge in [-0.2, -0.15) is 8.78 Å². The first-order valence-electron chi connectivity index (χ1n) is 10.5. The summed E-state index contributed by atoms with van der Waals surface area (Å²) in [5, 5.41) is 2.48. The zero-order valence-corrected chi connectivity index (χ0v) is 18.2. The fraction of sp³-hybridized carbons (Fsp3) is 0.417. The van der Waals surface area contributed by atoms with Crippen LogP contribution < -0.4 is 10.1 Å². The second-order valence-electron chi connectivity index (χ2n) is 7.36. The van der Waals surface area contributed by atoms with Crippen LogP contribution >= 0.6 is 0 Å². The molecule has 2 aromatic carbocycles. The third kappa shape index (κ3) is 7.35. The standard InChI is InChI=1S/C20H21F2NO2.C4H9NO/c1-23(17-4-2-3-5-17)19(24)16-8-6-14(7-9-16)15-10-12-18(13-11-15)25-20(21)22;1-3-4(6)5-2/h6-13,17,20H,2-5H2,1H3;3H2,1-2H3,(H,5,6). The highest BCUT2D eigenvalue weighted by Gasteiger charge is 2.24. The molecule has 2 amide bonds. The lowest BCUT2D eigenvalue weighted by molar-refractivity contribution is -0.120. The van der Waals surface area contributed by atoms with E-state index in [0.717, 1.165) is 24.0 Å². The molecule has 5 nitrogen and oxygen atoms in total. The van der Waals surface area contributed by atoms with Gasteiger partial charge in [0.25, 0.3) is 5.91 Å². The Labute approximate surface area is 182 Å². The van der Waals surface area contributed by atoms with Gasteiger partial charge in [0.15, 0.2) is 0 Å². The van der Waals surface area contributed by atoms with Crippen molar-refractivity contribution in [3.8, 4) is 16.9 Å². The summed E-state index contributed by atoms with van der Waals surface area (Å²) in [6.45, 7) is -1.01. The van der Waals surface area contributed by atoms with Crippen molar-refractivity contribution in [3.05, 3.63) is 54.1 Å². The Hall–Kier alpha value is -2.96. The number of nitrogens with zero attached hydrogens (tertiary/aromatic N) is 1. The minimum absolute atomic E-state index is 0.0409. The van der Waals surface area contributed by atoms with Crippen molar-refractivity contribution in [3.63, 3.8) is 0 Å². The van der Waals surface area contributed by atoms with Gasteiger partial charge in [0.2, 0.25) is 5.91 Å². The molecule has 7 heteroatoms. The van der Waals surface area contributed by atoms with Crippen LogP contribution in [0.2, 0.25) is 0 Å². The van der Waals surface area contributed by atoms with Crippen molar-refractivity contribution in [1.82, 2.24) is 10.2 Å². The SMILES string of the molecule is CCC(=O)NC.CN(C(=O)c1ccc(-c2ccc(OC(F)F)cc2)cc1)C1CCCC1. The number of halogens is 2. The van der Waals surface area contributed by atoms with Crippen molar-refractivity contribution < 1.29 is 23.1 Å². The summed E-state index contributed by atoms with van der Waals surface area (Å²) >= 11 is 0. The molecular weight excluding hydrogens is 402 g/mol. The minimum atomic E-state index is -2.83. The number of carbonyl (C=O) groups excluding carboxylic acids is 2. The Morgan fingerprint density at radius 1 is 1.03 bits per heavy atom. The average molecular weight is 433 g/mol. The van der Waals surface area contributed by atoms with E-state index in [-0.39, 0.29) is 17.6 Å². The summed E-state index contributed by atoms with van der Waals surface area (Å²) in [5.74, 6) is 0.262. The molecule has 0 heterocycles. The molecular formula is C24H30F2N2O3. The number of nitrogens with one attached hydrogen (secondary N) is 1. The van der Waals surface area contributed by atoms with E-state index in [1.807, 2.05) is 43.1 Å². The molecule has 0 aliphatic heterocycles. The van der Waals surface area contributed by atoms with E-state index < -0.39 is 6.61 Å². The highest BCUT2D eigenvalue weighted by atomic mass is 19.3. The molecule has 1 aliphatic carbocycles. The monoisotopic (exact) mass is 432 g/mol. The summed E-state index contributed by atoms with van der Waals surface area (Å²) in [6.07, 6.45) is 5.11. The first-order valence-corrected chi connectivity index (χ1v) is 10.5. The van der Waals surface area contributed by atoms with Gasteiger partial charge < -0.3 is 15.0 Å². The number of carbonyl (C=O) groups is 2. The number of ether oxygens (including phenoxy) is 1. The Morgan fingerprint density at radius 3 is 1.97 bits per heavy atom. The van der Waals surface area contributed by atoms with Crippen LogP contribution in [0.15, 0.2) is 48.5 Å². The Bertz CT molecular complexity index is 827. The zero-order chi connectivity index (χ0) is 22.8. The van der Waals surface area contributed by atoms with Gasteiger partial charge in [0.05, 0.1) is 0 Å². The average Bonchev–Trinajstić information content (AvgIpc) is 3.33. The molecule has 1 saturated carbocycles. The molecule has 0 radical (unpaired) electrons. The van der Waals surface area contributed by atoms with Gasteiger partial charge in [0, 0.05) is 32.1 Å². The number of benzene rings is 2. The molecule has 1 aliphatic rings. The fourth-order valence-corrected chi connectivity index (χ4v) is 3.47. The van der Waals surface area contributed by atoms with Gasteiger partial charge in [0.1, 0.15) is 5.75 Å². The van der Waals surface area contributed by atoms with E-state index in [4.69, 9.17) is 0 Å². The lowest BCUT2D eigenvalue weighted by Crippen LogP contribution is -2.35. The van der Waals surface area contributed by atoms with Gasteiger partial charge >= 0.3 is 6.61 Å². The summed E-state index contributed by atoms with van der Waals surface area (Å²) in [4.78, 5) is 24.5. The Morgan fingerprint density at radius 2 is 1.55 bits per heavy atom. The first kappa shape index (κ1) is 24.3. The third-order valence-corrected chi connectivity index (χ3v) is 5.34. The first-order chi connectivity index (χ1) is 14.8. The second kappa shape index (κ2) is 12.0. The molecule has 0 spiro atoms. The maximum Gasteiger partial charge on any atom is 0.387 e. The predicted molar refractivity (Wildman–Crippen MR) is 117 cm³/mol. The number of hydrogen-bond acceptors (Lipinski definition) is 3. The van der Waals surface area contributed by atoms with Crippen molar-refractivity contribution in [1.29, 1.82) is 0 Å². The molecule has 2 aromatic rings. The van der Waals surface area contributed by atoms with Crippen molar-refractivity contribution in [2.75, 3.05) is 14.1 Å². The van der Waals surface area contributed by atoms with E-state index in [0.29, 0.717) is 18.0 Å².